The summed E-state index contributed by atoms with van der Waals surface area (Å²) in [7, 11) is 0. The molecular formula is C10H20O. The fourth-order valence-corrected chi connectivity index (χ4v) is 1.27. The predicted octanol–water partition coefficient (Wildman–Crippen LogP) is 2.89. The van der Waals surface area contributed by atoms with Crippen LogP contribution in [0.15, 0.2) is 0 Å². The van der Waals surface area contributed by atoms with E-state index in [-0.39, 0.29) is 5.41 Å². The third-order valence-corrected chi connectivity index (χ3v) is 3.07. The number of hydrogen-bond acceptors (Lipinski definition) is 1. The van der Waals surface area contributed by atoms with Crippen molar-refractivity contribution >= 4 is 6.29 Å². The van der Waals surface area contributed by atoms with Crippen LogP contribution >= 0.6 is 0 Å². The van der Waals surface area contributed by atoms with Crippen LogP contribution in [0.4, 0.5) is 0 Å². The average molecular weight is 156 g/mol. The Labute approximate surface area is 70.2 Å². The van der Waals surface area contributed by atoms with Crippen LogP contribution in [-0.2, 0) is 4.79 Å². The second-order valence-corrected chi connectivity index (χ2v) is 4.01. The highest BCUT2D eigenvalue weighted by Gasteiger charge is 2.30. The predicted molar refractivity (Wildman–Crippen MR) is 48.5 cm³/mol. The summed E-state index contributed by atoms with van der Waals surface area (Å²) in [6.07, 6.45) is 2.05. The van der Waals surface area contributed by atoms with Crippen LogP contribution in [-0.4, -0.2) is 6.29 Å². The van der Waals surface area contributed by atoms with E-state index >= 15 is 0 Å². The Morgan fingerprint density at radius 3 is 1.91 bits per heavy atom. The summed E-state index contributed by atoms with van der Waals surface area (Å²) in [5, 5.41) is 0. The molecule has 0 spiro atoms. The lowest BCUT2D eigenvalue weighted by atomic mass is 9.72. The van der Waals surface area contributed by atoms with Gasteiger partial charge in [-0.1, -0.05) is 34.6 Å². The molecule has 0 rings (SSSR count). The van der Waals surface area contributed by atoms with E-state index in [9.17, 15) is 4.79 Å². The number of rotatable bonds is 4. The Hall–Kier alpha value is -0.330. The topological polar surface area (TPSA) is 17.1 Å². The van der Waals surface area contributed by atoms with E-state index in [4.69, 9.17) is 0 Å². The zero-order valence-corrected chi connectivity index (χ0v) is 8.35. The van der Waals surface area contributed by atoms with Gasteiger partial charge < -0.3 is 4.79 Å². The summed E-state index contributed by atoms with van der Waals surface area (Å²) in [4.78, 5) is 10.8. The standard InChI is InChI=1S/C10H20O/c1-6-10(5,7-11)9(4)8(2)3/h7-9H,6H2,1-5H3. The van der Waals surface area contributed by atoms with Crippen molar-refractivity contribution in [2.45, 2.75) is 41.0 Å². The monoisotopic (exact) mass is 156 g/mol. The smallest absolute Gasteiger partial charge is 0.126 e. The minimum atomic E-state index is -0.117. The molecule has 0 bridgehead atoms. The molecule has 1 nitrogen and oxygen atoms in total. The molecule has 2 atom stereocenters. The zero-order valence-electron chi connectivity index (χ0n) is 8.35. The Kier molecular flexibility index (Phi) is 3.77. The maximum Gasteiger partial charge on any atom is 0.126 e. The molecule has 2 unspecified atom stereocenters. The second-order valence-electron chi connectivity index (χ2n) is 4.01. The molecule has 0 aromatic carbocycles. The molecule has 0 heterocycles. The summed E-state index contributed by atoms with van der Waals surface area (Å²) in [5.41, 5.74) is -0.117. The van der Waals surface area contributed by atoms with Crippen molar-refractivity contribution in [1.29, 1.82) is 0 Å². The van der Waals surface area contributed by atoms with Crippen molar-refractivity contribution in [3.63, 3.8) is 0 Å². The van der Waals surface area contributed by atoms with Gasteiger partial charge in [0.05, 0.1) is 0 Å². The van der Waals surface area contributed by atoms with Crippen LogP contribution in [0.1, 0.15) is 41.0 Å². The lowest BCUT2D eigenvalue weighted by Gasteiger charge is -2.31. The largest absolute Gasteiger partial charge is 0.303 e. The second kappa shape index (κ2) is 3.89. The maximum atomic E-state index is 10.8. The third-order valence-electron chi connectivity index (χ3n) is 3.07. The van der Waals surface area contributed by atoms with Crippen molar-refractivity contribution in [3.8, 4) is 0 Å². The van der Waals surface area contributed by atoms with Gasteiger partial charge in [-0.05, 0) is 18.3 Å². The number of carbonyl (C=O) groups excluding carboxylic acids is 1. The van der Waals surface area contributed by atoms with Gasteiger partial charge in [0.25, 0.3) is 0 Å². The minimum absolute atomic E-state index is 0.117. The molecule has 0 radical (unpaired) electrons. The molecule has 0 saturated carbocycles. The van der Waals surface area contributed by atoms with Gasteiger partial charge in [0.2, 0.25) is 0 Å². The molecule has 0 aromatic rings. The van der Waals surface area contributed by atoms with Gasteiger partial charge in [-0.15, -0.1) is 0 Å². The minimum Gasteiger partial charge on any atom is -0.303 e. The molecule has 0 aliphatic rings. The number of aldehydes is 1. The molecule has 0 aromatic heterocycles. The van der Waals surface area contributed by atoms with Crippen LogP contribution in [0.3, 0.4) is 0 Å². The van der Waals surface area contributed by atoms with Crippen molar-refractivity contribution in [1.82, 2.24) is 0 Å². The molecule has 0 N–H and O–H groups in total. The van der Waals surface area contributed by atoms with E-state index in [2.05, 4.69) is 27.7 Å². The first-order chi connectivity index (χ1) is 4.98. The van der Waals surface area contributed by atoms with Gasteiger partial charge >= 0.3 is 0 Å². The van der Waals surface area contributed by atoms with Crippen LogP contribution in [0.5, 0.6) is 0 Å². The van der Waals surface area contributed by atoms with Crippen LogP contribution in [0.2, 0.25) is 0 Å². The van der Waals surface area contributed by atoms with Crippen LogP contribution in [0, 0.1) is 17.3 Å². The fraction of sp³-hybridized carbons (Fsp3) is 0.900. The van der Waals surface area contributed by atoms with E-state index in [1.807, 2.05) is 6.92 Å². The lowest BCUT2D eigenvalue weighted by molar-refractivity contribution is -0.118. The molecule has 0 amide bonds. The Bertz CT molecular complexity index is 129. The number of carbonyl (C=O) groups is 1. The van der Waals surface area contributed by atoms with E-state index in [0.717, 1.165) is 12.7 Å². The van der Waals surface area contributed by atoms with Crippen LogP contribution < -0.4 is 0 Å². The van der Waals surface area contributed by atoms with E-state index in [0.29, 0.717) is 11.8 Å². The summed E-state index contributed by atoms with van der Waals surface area (Å²) in [6.45, 7) is 10.6. The van der Waals surface area contributed by atoms with E-state index in [1.54, 1.807) is 0 Å². The molecule has 0 aliphatic carbocycles. The SMILES string of the molecule is CCC(C)(C=O)C(C)C(C)C. The van der Waals surface area contributed by atoms with Gasteiger partial charge in [-0.25, -0.2) is 0 Å². The number of hydrogen-bond donors (Lipinski definition) is 0. The van der Waals surface area contributed by atoms with E-state index < -0.39 is 0 Å². The molecule has 1 heteroatoms. The Morgan fingerprint density at radius 2 is 1.82 bits per heavy atom. The van der Waals surface area contributed by atoms with Crippen molar-refractivity contribution in [2.75, 3.05) is 0 Å². The molecule has 0 saturated heterocycles. The zero-order chi connectivity index (χ0) is 9.07. The quantitative estimate of drug-likeness (QED) is 0.572. The van der Waals surface area contributed by atoms with Gasteiger partial charge in [0.1, 0.15) is 6.29 Å². The highest BCUT2D eigenvalue weighted by atomic mass is 16.1. The molecule has 0 fully saturated rings. The fourth-order valence-electron chi connectivity index (χ4n) is 1.27. The summed E-state index contributed by atoms with van der Waals surface area (Å²) >= 11 is 0. The normalized spacial score (nSPS) is 19.5. The first-order valence-electron chi connectivity index (χ1n) is 4.44. The molecule has 11 heavy (non-hydrogen) atoms. The first kappa shape index (κ1) is 10.7. The summed E-state index contributed by atoms with van der Waals surface area (Å²) in [6, 6.07) is 0. The first-order valence-corrected chi connectivity index (χ1v) is 4.44. The van der Waals surface area contributed by atoms with Crippen LogP contribution in [0.25, 0.3) is 0 Å². The highest BCUT2D eigenvalue weighted by Crippen LogP contribution is 2.33. The molecule has 0 aliphatic heterocycles. The molecule has 66 valence electrons. The van der Waals surface area contributed by atoms with Gasteiger partial charge in [0.15, 0.2) is 0 Å². The van der Waals surface area contributed by atoms with Gasteiger partial charge in [-0.2, -0.15) is 0 Å². The maximum absolute atomic E-state index is 10.8. The van der Waals surface area contributed by atoms with Gasteiger partial charge in [0, 0.05) is 5.41 Å². The van der Waals surface area contributed by atoms with Gasteiger partial charge in [-0.3, -0.25) is 0 Å². The average Bonchev–Trinajstić information content (AvgIpc) is 2.01. The van der Waals surface area contributed by atoms with E-state index in [1.165, 1.54) is 0 Å². The highest BCUT2D eigenvalue weighted by molar-refractivity contribution is 5.59. The van der Waals surface area contributed by atoms with Crippen molar-refractivity contribution < 1.29 is 4.79 Å². The van der Waals surface area contributed by atoms with Crippen molar-refractivity contribution in [2.24, 2.45) is 17.3 Å². The Morgan fingerprint density at radius 1 is 1.36 bits per heavy atom. The Balaban J connectivity index is 4.36. The molecular weight excluding hydrogens is 136 g/mol. The summed E-state index contributed by atoms with van der Waals surface area (Å²) < 4.78 is 0. The lowest BCUT2D eigenvalue weighted by Crippen LogP contribution is -2.29. The summed E-state index contributed by atoms with van der Waals surface area (Å²) in [5.74, 6) is 1.06. The van der Waals surface area contributed by atoms with Crippen molar-refractivity contribution in [3.05, 3.63) is 0 Å². The third kappa shape index (κ3) is 2.32.